The van der Waals surface area contributed by atoms with Crippen LogP contribution in [-0.2, 0) is 11.3 Å². The fraction of sp³-hybridized carbons (Fsp3) is 0.400. The van der Waals surface area contributed by atoms with Gasteiger partial charge in [-0.05, 0) is 29.8 Å². The molecule has 1 N–H and O–H groups in total. The molecule has 4 nitrogen and oxygen atoms in total. The van der Waals surface area contributed by atoms with Crippen LogP contribution in [0.4, 0.5) is 5.69 Å². The van der Waals surface area contributed by atoms with Crippen molar-refractivity contribution in [3.05, 3.63) is 64.1 Å². The number of rotatable bonds is 7. The molecule has 1 aliphatic heterocycles. The number of hydrogen-bond donors (Lipinski definition) is 1. The van der Waals surface area contributed by atoms with Crippen molar-refractivity contribution in [2.45, 2.75) is 12.7 Å². The van der Waals surface area contributed by atoms with Crippen LogP contribution in [-0.4, -0.2) is 55.4 Å². The average Bonchev–Trinajstić information content (AvgIpc) is 2.64. The van der Waals surface area contributed by atoms with E-state index in [-0.39, 0.29) is 0 Å². The van der Waals surface area contributed by atoms with Gasteiger partial charge >= 0.3 is 0 Å². The van der Waals surface area contributed by atoms with Gasteiger partial charge in [0.2, 0.25) is 0 Å². The standard InChI is InChI=1S/C20H24Cl2N2O2/c21-17-5-3-6-18(12-17)24-10-8-23(9-11-24)13-19(25)15-26-14-16-4-1-2-7-20(16)22/h1-7,12,19,25H,8-11,13-15H2. The van der Waals surface area contributed by atoms with E-state index < -0.39 is 6.10 Å². The van der Waals surface area contributed by atoms with Crippen molar-refractivity contribution in [1.29, 1.82) is 0 Å². The lowest BCUT2D eigenvalue weighted by Crippen LogP contribution is -2.49. The van der Waals surface area contributed by atoms with Crippen molar-refractivity contribution in [3.8, 4) is 0 Å². The first kappa shape index (κ1) is 19.5. The van der Waals surface area contributed by atoms with Crippen molar-refractivity contribution in [2.24, 2.45) is 0 Å². The highest BCUT2D eigenvalue weighted by Crippen LogP contribution is 2.21. The zero-order chi connectivity index (χ0) is 18.4. The Morgan fingerprint density at radius 2 is 1.77 bits per heavy atom. The Morgan fingerprint density at radius 1 is 1.00 bits per heavy atom. The average molecular weight is 395 g/mol. The van der Waals surface area contributed by atoms with E-state index in [2.05, 4.69) is 15.9 Å². The van der Waals surface area contributed by atoms with Crippen LogP contribution in [0.5, 0.6) is 0 Å². The molecular formula is C20H24Cl2N2O2. The topological polar surface area (TPSA) is 35.9 Å². The molecule has 3 rings (SSSR count). The first-order valence-corrected chi connectivity index (χ1v) is 9.59. The van der Waals surface area contributed by atoms with Gasteiger partial charge in [0, 0.05) is 48.5 Å². The molecule has 0 bridgehead atoms. The molecule has 1 heterocycles. The summed E-state index contributed by atoms with van der Waals surface area (Å²) >= 11 is 12.2. The van der Waals surface area contributed by atoms with Gasteiger partial charge in [0.05, 0.1) is 19.3 Å². The predicted octanol–water partition coefficient (Wildman–Crippen LogP) is 3.69. The zero-order valence-corrected chi connectivity index (χ0v) is 16.2. The number of piperazine rings is 1. The number of hydrogen-bond acceptors (Lipinski definition) is 4. The molecule has 1 aliphatic rings. The summed E-state index contributed by atoms with van der Waals surface area (Å²) in [5, 5.41) is 11.7. The number of aliphatic hydroxyl groups is 1. The Bertz CT molecular complexity index is 706. The lowest BCUT2D eigenvalue weighted by atomic mass is 10.2. The molecule has 0 saturated carbocycles. The Hall–Kier alpha value is -1.30. The molecule has 26 heavy (non-hydrogen) atoms. The number of nitrogens with zero attached hydrogens (tertiary/aromatic N) is 2. The molecule has 0 radical (unpaired) electrons. The third kappa shape index (κ3) is 5.60. The lowest BCUT2D eigenvalue weighted by molar-refractivity contribution is 0.00916. The predicted molar refractivity (Wildman–Crippen MR) is 107 cm³/mol. The molecule has 2 aromatic rings. The highest BCUT2D eigenvalue weighted by atomic mass is 35.5. The van der Waals surface area contributed by atoms with E-state index in [1.807, 2.05) is 42.5 Å². The Labute approximate surface area is 164 Å². The summed E-state index contributed by atoms with van der Waals surface area (Å²) in [6, 6.07) is 15.5. The second kappa shape index (κ2) is 9.58. The molecule has 1 unspecified atom stereocenters. The number of benzene rings is 2. The molecule has 0 aromatic heterocycles. The van der Waals surface area contributed by atoms with Crippen molar-refractivity contribution in [2.75, 3.05) is 44.2 Å². The van der Waals surface area contributed by atoms with Crippen molar-refractivity contribution in [3.63, 3.8) is 0 Å². The van der Waals surface area contributed by atoms with Gasteiger partial charge in [-0.25, -0.2) is 0 Å². The summed E-state index contributed by atoms with van der Waals surface area (Å²) in [7, 11) is 0. The third-order valence-corrected chi connectivity index (χ3v) is 5.14. The van der Waals surface area contributed by atoms with Gasteiger partial charge in [0.1, 0.15) is 0 Å². The van der Waals surface area contributed by atoms with Crippen LogP contribution in [0.2, 0.25) is 10.0 Å². The summed E-state index contributed by atoms with van der Waals surface area (Å²) < 4.78 is 5.62. The molecule has 2 aromatic carbocycles. The number of halogens is 2. The van der Waals surface area contributed by atoms with E-state index >= 15 is 0 Å². The summed E-state index contributed by atoms with van der Waals surface area (Å²) in [6.07, 6.45) is -0.504. The van der Waals surface area contributed by atoms with Crippen LogP contribution >= 0.6 is 23.2 Å². The molecule has 0 aliphatic carbocycles. The Balaban J connectivity index is 1.38. The molecule has 1 fully saturated rings. The molecule has 140 valence electrons. The van der Waals surface area contributed by atoms with E-state index in [1.165, 1.54) is 0 Å². The second-order valence-corrected chi connectivity index (χ2v) is 7.37. The van der Waals surface area contributed by atoms with Crippen LogP contribution in [0.3, 0.4) is 0 Å². The van der Waals surface area contributed by atoms with Crippen LogP contribution in [0.1, 0.15) is 5.56 Å². The highest BCUT2D eigenvalue weighted by Gasteiger charge is 2.19. The first-order chi connectivity index (χ1) is 12.6. The number of β-amino-alcohol motifs (C(OH)–C–C–N with tert-alkyl or cyclic N) is 1. The van der Waals surface area contributed by atoms with Crippen molar-refractivity contribution in [1.82, 2.24) is 4.90 Å². The van der Waals surface area contributed by atoms with Gasteiger partial charge in [-0.3, -0.25) is 4.90 Å². The van der Waals surface area contributed by atoms with Crippen LogP contribution < -0.4 is 4.90 Å². The summed E-state index contributed by atoms with van der Waals surface area (Å²) in [4.78, 5) is 4.59. The first-order valence-electron chi connectivity index (χ1n) is 8.84. The van der Waals surface area contributed by atoms with E-state index in [1.54, 1.807) is 0 Å². The maximum Gasteiger partial charge on any atom is 0.0900 e. The fourth-order valence-electron chi connectivity index (χ4n) is 3.13. The number of anilines is 1. The van der Waals surface area contributed by atoms with Gasteiger partial charge < -0.3 is 14.7 Å². The van der Waals surface area contributed by atoms with E-state index in [0.717, 1.165) is 42.5 Å². The molecule has 1 saturated heterocycles. The minimum Gasteiger partial charge on any atom is -0.389 e. The molecule has 6 heteroatoms. The fourth-order valence-corrected chi connectivity index (χ4v) is 3.51. The molecule has 0 amide bonds. The zero-order valence-electron chi connectivity index (χ0n) is 14.7. The second-order valence-electron chi connectivity index (χ2n) is 6.53. The van der Waals surface area contributed by atoms with Crippen LogP contribution in [0, 0.1) is 0 Å². The normalized spacial score (nSPS) is 16.7. The largest absolute Gasteiger partial charge is 0.389 e. The van der Waals surface area contributed by atoms with Gasteiger partial charge in [0.25, 0.3) is 0 Å². The van der Waals surface area contributed by atoms with E-state index in [0.29, 0.717) is 24.8 Å². The van der Waals surface area contributed by atoms with Gasteiger partial charge in [-0.2, -0.15) is 0 Å². The Kier molecular flexibility index (Phi) is 7.17. The lowest BCUT2D eigenvalue weighted by Gasteiger charge is -2.36. The van der Waals surface area contributed by atoms with Crippen LogP contribution in [0.25, 0.3) is 0 Å². The molecular weight excluding hydrogens is 371 g/mol. The monoisotopic (exact) mass is 394 g/mol. The number of aliphatic hydroxyl groups excluding tert-OH is 1. The van der Waals surface area contributed by atoms with E-state index in [4.69, 9.17) is 27.9 Å². The summed E-state index contributed by atoms with van der Waals surface area (Å²) in [5.74, 6) is 0. The minimum atomic E-state index is -0.504. The van der Waals surface area contributed by atoms with Gasteiger partial charge in [-0.15, -0.1) is 0 Å². The summed E-state index contributed by atoms with van der Waals surface area (Å²) in [6.45, 7) is 5.01. The maximum absolute atomic E-state index is 10.2. The number of ether oxygens (including phenoxy) is 1. The van der Waals surface area contributed by atoms with Gasteiger partial charge in [0.15, 0.2) is 0 Å². The Morgan fingerprint density at radius 3 is 2.50 bits per heavy atom. The highest BCUT2D eigenvalue weighted by molar-refractivity contribution is 6.31. The van der Waals surface area contributed by atoms with Crippen LogP contribution in [0.15, 0.2) is 48.5 Å². The smallest absolute Gasteiger partial charge is 0.0900 e. The van der Waals surface area contributed by atoms with Crippen molar-refractivity contribution >= 4 is 28.9 Å². The SMILES string of the molecule is OC(COCc1ccccc1Cl)CN1CCN(c2cccc(Cl)c2)CC1. The van der Waals surface area contributed by atoms with Crippen molar-refractivity contribution < 1.29 is 9.84 Å². The van der Waals surface area contributed by atoms with E-state index in [9.17, 15) is 5.11 Å². The summed E-state index contributed by atoms with van der Waals surface area (Å²) in [5.41, 5.74) is 2.09. The quantitative estimate of drug-likeness (QED) is 0.776. The minimum absolute atomic E-state index is 0.305. The van der Waals surface area contributed by atoms with Gasteiger partial charge in [-0.1, -0.05) is 47.5 Å². The molecule has 1 atom stereocenters. The third-order valence-electron chi connectivity index (χ3n) is 4.54. The molecule has 0 spiro atoms. The maximum atomic E-state index is 10.2.